The van der Waals surface area contributed by atoms with Crippen LogP contribution in [0.25, 0.3) is 0 Å². The molecule has 0 radical (unpaired) electrons. The van der Waals surface area contributed by atoms with E-state index in [1.54, 1.807) is 0 Å². The van der Waals surface area contributed by atoms with E-state index in [9.17, 15) is 15.2 Å². The summed E-state index contributed by atoms with van der Waals surface area (Å²) in [5.41, 5.74) is 5.48. The minimum atomic E-state index is -0.906. The van der Waals surface area contributed by atoms with Crippen molar-refractivity contribution in [3.8, 4) is 5.75 Å². The van der Waals surface area contributed by atoms with Gasteiger partial charge in [0.2, 0.25) is 0 Å². The molecule has 0 aromatic heterocycles. The lowest BCUT2D eigenvalue weighted by Gasteiger charge is -2.13. The first-order valence-corrected chi connectivity index (χ1v) is 4.80. The van der Waals surface area contributed by atoms with Gasteiger partial charge in [0.25, 0.3) is 5.69 Å². The summed E-state index contributed by atoms with van der Waals surface area (Å²) in [7, 11) is 0. The third-order valence-electron chi connectivity index (χ3n) is 2.28. The number of hydrogen-bond acceptors (Lipinski definition) is 5. The van der Waals surface area contributed by atoms with E-state index in [2.05, 4.69) is 0 Å². The highest BCUT2D eigenvalue weighted by molar-refractivity contribution is 6.33. The molecule has 0 unspecified atom stereocenters. The molecule has 1 aromatic rings. The van der Waals surface area contributed by atoms with E-state index in [1.807, 2.05) is 0 Å². The Morgan fingerprint density at radius 1 is 1.69 bits per heavy atom. The Morgan fingerprint density at radius 2 is 2.25 bits per heavy atom. The Morgan fingerprint density at radius 3 is 2.69 bits per heavy atom. The molecule has 0 aliphatic heterocycles. The Labute approximate surface area is 96.4 Å². The lowest BCUT2D eigenvalue weighted by molar-refractivity contribution is -0.385. The number of halogens is 1. The van der Waals surface area contributed by atoms with Crippen molar-refractivity contribution in [3.05, 3.63) is 32.3 Å². The fourth-order valence-electron chi connectivity index (χ4n) is 1.31. The van der Waals surface area contributed by atoms with Gasteiger partial charge in [-0.15, -0.1) is 0 Å². The van der Waals surface area contributed by atoms with Crippen LogP contribution in [0.1, 0.15) is 17.2 Å². The summed E-state index contributed by atoms with van der Waals surface area (Å²) in [5.74, 6) is -0.327. The van der Waals surface area contributed by atoms with E-state index >= 15 is 0 Å². The molecule has 1 atom stereocenters. The van der Waals surface area contributed by atoms with Crippen LogP contribution in [0.5, 0.6) is 5.75 Å². The smallest absolute Gasteiger partial charge is 0.274 e. The lowest BCUT2D eigenvalue weighted by Crippen LogP contribution is -2.15. The Kier molecular flexibility index (Phi) is 3.69. The second-order valence-corrected chi connectivity index (χ2v) is 3.70. The van der Waals surface area contributed by atoms with Gasteiger partial charge in [-0.2, -0.15) is 0 Å². The molecule has 0 fully saturated rings. The number of benzene rings is 1. The number of aliphatic hydroxyl groups excluding tert-OH is 1. The van der Waals surface area contributed by atoms with Crippen LogP contribution in [0, 0.1) is 17.0 Å². The fourth-order valence-corrected chi connectivity index (χ4v) is 1.52. The summed E-state index contributed by atoms with van der Waals surface area (Å²) in [6, 6.07) is 0.217. The predicted octanol–water partition coefficient (Wildman–Crippen LogP) is 1.25. The van der Waals surface area contributed by atoms with E-state index < -0.39 is 17.6 Å². The zero-order valence-corrected chi connectivity index (χ0v) is 9.23. The van der Waals surface area contributed by atoms with Crippen molar-refractivity contribution >= 4 is 17.3 Å². The minimum absolute atomic E-state index is 0.0600. The third kappa shape index (κ3) is 2.08. The number of phenolic OH excluding ortho intramolecular Hbond substituents is 1. The van der Waals surface area contributed by atoms with Crippen LogP contribution in [0.3, 0.4) is 0 Å². The number of nitrogens with zero attached hydrogens (tertiary/aromatic N) is 1. The van der Waals surface area contributed by atoms with E-state index in [0.29, 0.717) is 0 Å². The molecule has 1 aromatic carbocycles. The molecule has 7 heteroatoms. The van der Waals surface area contributed by atoms with Crippen LogP contribution in [0.4, 0.5) is 5.69 Å². The number of phenols is 1. The lowest BCUT2D eigenvalue weighted by atomic mass is 10.0. The van der Waals surface area contributed by atoms with Gasteiger partial charge in [-0.25, -0.2) is 0 Å². The number of aromatic hydroxyl groups is 1. The molecule has 16 heavy (non-hydrogen) atoms. The molecular formula is C9H11ClN2O4. The molecule has 0 heterocycles. The average molecular weight is 247 g/mol. The summed E-state index contributed by atoms with van der Waals surface area (Å²) in [4.78, 5) is 10.1. The highest BCUT2D eigenvalue weighted by Crippen LogP contribution is 2.38. The topological polar surface area (TPSA) is 110 Å². The Balaban J connectivity index is 3.47. The number of rotatable bonds is 3. The van der Waals surface area contributed by atoms with Crippen molar-refractivity contribution in [1.82, 2.24) is 0 Å². The number of hydrogen-bond donors (Lipinski definition) is 3. The van der Waals surface area contributed by atoms with Crippen LogP contribution in [-0.2, 0) is 0 Å². The van der Waals surface area contributed by atoms with Crippen LogP contribution >= 0.6 is 11.6 Å². The Hall–Kier alpha value is -1.37. The normalized spacial score (nSPS) is 12.5. The van der Waals surface area contributed by atoms with Crippen LogP contribution in [0.2, 0.25) is 5.02 Å². The number of nitro benzene ring substituents is 1. The quantitative estimate of drug-likeness (QED) is 0.549. The monoisotopic (exact) mass is 246 g/mol. The number of aliphatic hydroxyl groups is 1. The number of nitrogens with two attached hydrogens (primary N) is 1. The molecule has 0 saturated carbocycles. The van der Waals surface area contributed by atoms with E-state index in [0.717, 1.165) is 6.07 Å². The molecule has 4 N–H and O–H groups in total. The van der Waals surface area contributed by atoms with Crippen molar-refractivity contribution < 1.29 is 15.1 Å². The molecule has 0 saturated heterocycles. The van der Waals surface area contributed by atoms with Gasteiger partial charge in [-0.3, -0.25) is 10.1 Å². The molecule has 0 aliphatic carbocycles. The minimum Gasteiger partial charge on any atom is -0.506 e. The first kappa shape index (κ1) is 12.7. The largest absolute Gasteiger partial charge is 0.506 e. The maximum absolute atomic E-state index is 10.7. The van der Waals surface area contributed by atoms with Gasteiger partial charge in [0, 0.05) is 17.2 Å². The highest BCUT2D eigenvalue weighted by Gasteiger charge is 2.23. The van der Waals surface area contributed by atoms with Crippen molar-refractivity contribution in [2.45, 2.75) is 13.0 Å². The third-order valence-corrected chi connectivity index (χ3v) is 2.74. The van der Waals surface area contributed by atoms with Crippen LogP contribution in [-0.4, -0.2) is 21.7 Å². The van der Waals surface area contributed by atoms with Gasteiger partial charge in [0.05, 0.1) is 22.6 Å². The predicted molar refractivity (Wildman–Crippen MR) is 58.5 cm³/mol. The molecule has 0 aliphatic rings. The molecule has 88 valence electrons. The van der Waals surface area contributed by atoms with Crippen molar-refractivity contribution in [2.75, 3.05) is 6.61 Å². The highest BCUT2D eigenvalue weighted by atomic mass is 35.5. The van der Waals surface area contributed by atoms with Crippen molar-refractivity contribution in [2.24, 2.45) is 5.73 Å². The SMILES string of the molecule is Cc1c([N+](=O)[O-])cc([C@@H](N)CO)c(O)c1Cl. The van der Waals surface area contributed by atoms with Gasteiger partial charge in [-0.05, 0) is 6.92 Å². The van der Waals surface area contributed by atoms with Gasteiger partial charge in [-0.1, -0.05) is 11.6 Å². The zero-order valence-electron chi connectivity index (χ0n) is 8.48. The summed E-state index contributed by atoms with van der Waals surface area (Å²) in [5, 5.41) is 29.1. The second-order valence-electron chi connectivity index (χ2n) is 3.32. The average Bonchev–Trinajstić information content (AvgIpc) is 2.25. The maximum Gasteiger partial charge on any atom is 0.274 e. The standard InChI is InChI=1S/C9H11ClN2O4/c1-4-7(12(15)16)2-5(6(11)3-13)9(14)8(4)10/h2,6,13-14H,3,11H2,1H3/t6-/m0/s1. The molecule has 0 bridgehead atoms. The van der Waals surface area contributed by atoms with E-state index in [1.165, 1.54) is 6.92 Å². The zero-order chi connectivity index (χ0) is 12.5. The van der Waals surface area contributed by atoms with Gasteiger partial charge < -0.3 is 15.9 Å². The second kappa shape index (κ2) is 4.65. The van der Waals surface area contributed by atoms with E-state index in [-0.39, 0.29) is 27.6 Å². The molecule has 0 amide bonds. The molecule has 1 rings (SSSR count). The van der Waals surface area contributed by atoms with Gasteiger partial charge in [0.1, 0.15) is 5.75 Å². The summed E-state index contributed by atoms with van der Waals surface area (Å²) < 4.78 is 0. The van der Waals surface area contributed by atoms with Gasteiger partial charge >= 0.3 is 0 Å². The van der Waals surface area contributed by atoms with Crippen molar-refractivity contribution in [3.63, 3.8) is 0 Å². The summed E-state index contributed by atoms with van der Waals surface area (Å²) in [6.45, 7) is 0.985. The first-order chi connectivity index (χ1) is 7.40. The number of nitro groups is 1. The fraction of sp³-hybridized carbons (Fsp3) is 0.333. The molecule has 6 nitrogen and oxygen atoms in total. The van der Waals surface area contributed by atoms with E-state index in [4.69, 9.17) is 22.4 Å². The summed E-state index contributed by atoms with van der Waals surface area (Å²) in [6.07, 6.45) is 0. The maximum atomic E-state index is 10.7. The van der Waals surface area contributed by atoms with Crippen LogP contribution < -0.4 is 5.73 Å². The Bertz CT molecular complexity index is 436. The molecular weight excluding hydrogens is 236 g/mol. The first-order valence-electron chi connectivity index (χ1n) is 4.43. The van der Waals surface area contributed by atoms with Crippen LogP contribution in [0.15, 0.2) is 6.07 Å². The summed E-state index contributed by atoms with van der Waals surface area (Å²) >= 11 is 5.74. The molecule has 0 spiro atoms. The van der Waals surface area contributed by atoms with Gasteiger partial charge in [0.15, 0.2) is 0 Å². The van der Waals surface area contributed by atoms with Crippen molar-refractivity contribution in [1.29, 1.82) is 0 Å².